The maximum absolute atomic E-state index is 12.8. The van der Waals surface area contributed by atoms with Crippen LogP contribution in [0.3, 0.4) is 0 Å². The Hall–Kier alpha value is -0.410. The highest BCUT2D eigenvalue weighted by Gasteiger charge is 2.02. The van der Waals surface area contributed by atoms with Crippen molar-refractivity contribution in [3.05, 3.63) is 34.1 Å². The molecule has 1 atom stereocenters. The van der Waals surface area contributed by atoms with Crippen molar-refractivity contribution in [2.24, 2.45) is 5.73 Å². The number of aryl methyl sites for hydroxylation is 1. The summed E-state index contributed by atoms with van der Waals surface area (Å²) in [6, 6.07) is 4.88. The van der Waals surface area contributed by atoms with E-state index in [1.807, 2.05) is 6.92 Å². The summed E-state index contributed by atoms with van der Waals surface area (Å²) in [6.45, 7) is 1.95. The van der Waals surface area contributed by atoms with E-state index in [-0.39, 0.29) is 11.9 Å². The summed E-state index contributed by atoms with van der Waals surface area (Å²) in [7, 11) is 0. The van der Waals surface area contributed by atoms with Crippen molar-refractivity contribution in [1.29, 1.82) is 0 Å². The molecule has 1 rings (SSSR count). The quantitative estimate of drug-likeness (QED) is 0.871. The molecule has 0 unspecified atom stereocenters. The molecular formula is C10H13BrFN. The summed E-state index contributed by atoms with van der Waals surface area (Å²) >= 11 is 3.37. The smallest absolute Gasteiger partial charge is 0.123 e. The fourth-order valence-corrected chi connectivity index (χ4v) is 1.56. The maximum atomic E-state index is 12.8. The minimum atomic E-state index is -0.192. The Morgan fingerprint density at radius 1 is 1.54 bits per heavy atom. The summed E-state index contributed by atoms with van der Waals surface area (Å²) in [6.07, 6.45) is 1.69. The van der Waals surface area contributed by atoms with Gasteiger partial charge in [0, 0.05) is 10.5 Å². The third-order valence-electron chi connectivity index (χ3n) is 1.88. The lowest BCUT2D eigenvalue weighted by Gasteiger charge is -2.06. The lowest BCUT2D eigenvalue weighted by molar-refractivity contribution is 0.619. The van der Waals surface area contributed by atoms with E-state index in [0.29, 0.717) is 0 Å². The SMILES string of the molecule is C[C@@H](N)CCc1cc(F)ccc1Br. The Kier molecular flexibility index (Phi) is 3.88. The number of hydrogen-bond acceptors (Lipinski definition) is 1. The Morgan fingerprint density at radius 3 is 2.85 bits per heavy atom. The van der Waals surface area contributed by atoms with E-state index < -0.39 is 0 Å². The van der Waals surface area contributed by atoms with Gasteiger partial charge in [-0.2, -0.15) is 0 Å². The molecule has 3 heteroatoms. The topological polar surface area (TPSA) is 26.0 Å². The monoisotopic (exact) mass is 245 g/mol. The molecule has 0 heterocycles. The Morgan fingerprint density at radius 2 is 2.23 bits per heavy atom. The van der Waals surface area contributed by atoms with Gasteiger partial charge in [-0.15, -0.1) is 0 Å². The van der Waals surface area contributed by atoms with Gasteiger partial charge in [0.05, 0.1) is 0 Å². The van der Waals surface area contributed by atoms with Crippen LogP contribution in [0.2, 0.25) is 0 Å². The number of rotatable bonds is 3. The molecule has 13 heavy (non-hydrogen) atoms. The minimum Gasteiger partial charge on any atom is -0.328 e. The normalized spacial score (nSPS) is 12.9. The lowest BCUT2D eigenvalue weighted by Crippen LogP contribution is -2.15. The van der Waals surface area contributed by atoms with Crippen molar-refractivity contribution in [3.8, 4) is 0 Å². The van der Waals surface area contributed by atoms with E-state index in [9.17, 15) is 4.39 Å². The van der Waals surface area contributed by atoms with Gasteiger partial charge in [-0.1, -0.05) is 15.9 Å². The number of halogens is 2. The lowest BCUT2D eigenvalue weighted by atomic mass is 10.1. The molecule has 0 aliphatic heterocycles. The fourth-order valence-electron chi connectivity index (χ4n) is 1.12. The third-order valence-corrected chi connectivity index (χ3v) is 2.65. The third kappa shape index (κ3) is 3.44. The van der Waals surface area contributed by atoms with Gasteiger partial charge in [-0.05, 0) is 43.5 Å². The van der Waals surface area contributed by atoms with Crippen molar-refractivity contribution in [3.63, 3.8) is 0 Å². The average molecular weight is 246 g/mol. The molecule has 0 saturated heterocycles. The van der Waals surface area contributed by atoms with Gasteiger partial charge in [-0.3, -0.25) is 0 Å². The molecule has 0 radical (unpaired) electrons. The molecule has 0 spiro atoms. The standard InChI is InChI=1S/C10H13BrFN/c1-7(13)2-3-8-6-9(12)4-5-10(8)11/h4-7H,2-3,13H2,1H3/t7-/m1/s1. The minimum absolute atomic E-state index is 0.162. The summed E-state index contributed by atoms with van der Waals surface area (Å²) in [5.74, 6) is -0.192. The Balaban J connectivity index is 2.70. The van der Waals surface area contributed by atoms with Crippen LogP contribution < -0.4 is 5.73 Å². The fraction of sp³-hybridized carbons (Fsp3) is 0.400. The van der Waals surface area contributed by atoms with Crippen molar-refractivity contribution >= 4 is 15.9 Å². The second-order valence-corrected chi connectivity index (χ2v) is 4.11. The Labute approximate surface area is 86.3 Å². The van der Waals surface area contributed by atoms with E-state index in [2.05, 4.69) is 15.9 Å². The summed E-state index contributed by atoms with van der Waals surface area (Å²) in [4.78, 5) is 0. The molecular weight excluding hydrogens is 233 g/mol. The molecule has 0 saturated carbocycles. The molecule has 0 fully saturated rings. The molecule has 0 aliphatic carbocycles. The molecule has 72 valence electrons. The maximum Gasteiger partial charge on any atom is 0.123 e. The van der Waals surface area contributed by atoms with E-state index in [1.165, 1.54) is 6.07 Å². The Bertz CT molecular complexity index is 286. The second-order valence-electron chi connectivity index (χ2n) is 3.25. The van der Waals surface area contributed by atoms with Gasteiger partial charge in [-0.25, -0.2) is 4.39 Å². The molecule has 0 aliphatic rings. The van der Waals surface area contributed by atoms with Gasteiger partial charge in [0.25, 0.3) is 0 Å². The largest absolute Gasteiger partial charge is 0.328 e. The van der Waals surface area contributed by atoms with Crippen LogP contribution in [0.25, 0.3) is 0 Å². The highest BCUT2D eigenvalue weighted by molar-refractivity contribution is 9.10. The van der Waals surface area contributed by atoms with Gasteiger partial charge < -0.3 is 5.73 Å². The van der Waals surface area contributed by atoms with Crippen LogP contribution in [-0.2, 0) is 6.42 Å². The first-order chi connectivity index (χ1) is 6.09. The van der Waals surface area contributed by atoms with Gasteiger partial charge in [0.1, 0.15) is 5.82 Å². The van der Waals surface area contributed by atoms with E-state index >= 15 is 0 Å². The molecule has 1 nitrogen and oxygen atoms in total. The van der Waals surface area contributed by atoms with Crippen molar-refractivity contribution in [2.75, 3.05) is 0 Å². The first-order valence-corrected chi connectivity index (χ1v) is 5.08. The predicted molar refractivity (Wildman–Crippen MR) is 56.1 cm³/mol. The summed E-state index contributed by atoms with van der Waals surface area (Å²) in [5.41, 5.74) is 6.60. The van der Waals surface area contributed by atoms with Crippen molar-refractivity contribution in [2.45, 2.75) is 25.8 Å². The second kappa shape index (κ2) is 4.72. The van der Waals surface area contributed by atoms with Crippen LogP contribution in [0, 0.1) is 5.82 Å². The molecule has 1 aromatic rings. The van der Waals surface area contributed by atoms with Crippen LogP contribution in [0.5, 0.6) is 0 Å². The van der Waals surface area contributed by atoms with Crippen LogP contribution in [0.4, 0.5) is 4.39 Å². The highest BCUT2D eigenvalue weighted by Crippen LogP contribution is 2.19. The van der Waals surface area contributed by atoms with Crippen LogP contribution >= 0.6 is 15.9 Å². The average Bonchev–Trinajstić information content (AvgIpc) is 2.06. The molecule has 1 aromatic carbocycles. The van der Waals surface area contributed by atoms with E-state index in [0.717, 1.165) is 22.9 Å². The number of benzene rings is 1. The summed E-state index contributed by atoms with van der Waals surface area (Å²) in [5, 5.41) is 0. The van der Waals surface area contributed by atoms with Crippen molar-refractivity contribution < 1.29 is 4.39 Å². The molecule has 0 bridgehead atoms. The highest BCUT2D eigenvalue weighted by atomic mass is 79.9. The van der Waals surface area contributed by atoms with E-state index in [4.69, 9.17) is 5.73 Å². The first-order valence-electron chi connectivity index (χ1n) is 4.29. The van der Waals surface area contributed by atoms with Gasteiger partial charge in [0.2, 0.25) is 0 Å². The van der Waals surface area contributed by atoms with Crippen LogP contribution in [0.15, 0.2) is 22.7 Å². The zero-order valence-electron chi connectivity index (χ0n) is 7.56. The molecule has 0 amide bonds. The zero-order valence-corrected chi connectivity index (χ0v) is 9.14. The zero-order chi connectivity index (χ0) is 9.84. The van der Waals surface area contributed by atoms with E-state index in [1.54, 1.807) is 12.1 Å². The predicted octanol–water partition coefficient (Wildman–Crippen LogP) is 2.87. The van der Waals surface area contributed by atoms with Gasteiger partial charge in [0.15, 0.2) is 0 Å². The first kappa shape index (κ1) is 10.7. The van der Waals surface area contributed by atoms with Crippen molar-refractivity contribution in [1.82, 2.24) is 0 Å². The van der Waals surface area contributed by atoms with Crippen LogP contribution in [-0.4, -0.2) is 6.04 Å². The molecule has 0 aromatic heterocycles. The molecule has 2 N–H and O–H groups in total. The number of hydrogen-bond donors (Lipinski definition) is 1. The van der Waals surface area contributed by atoms with Crippen LogP contribution in [0.1, 0.15) is 18.9 Å². The van der Waals surface area contributed by atoms with Gasteiger partial charge >= 0.3 is 0 Å². The number of nitrogens with two attached hydrogens (primary N) is 1. The summed E-state index contributed by atoms with van der Waals surface area (Å²) < 4.78 is 13.8.